The van der Waals surface area contributed by atoms with Gasteiger partial charge in [0.25, 0.3) is 0 Å². The summed E-state index contributed by atoms with van der Waals surface area (Å²) in [6.45, 7) is 11.9. The molecule has 2 unspecified atom stereocenters. The SMILES string of the molecule is CCCCCCCCCCC(=O)OC[C@H](COP(=O)(O)OC[C@H](O)COP(=O)(O)OC[C@@H](COC(=O)CCCCCCCCCCCCCC(C)C)OC(=O)CCCCCCCCCCCCCCCCCC(C)C)OC(=O)CCCCCCCCCCCC(C)C. The molecular formula is C73H142O17P2. The van der Waals surface area contributed by atoms with Gasteiger partial charge in [-0.3, -0.25) is 37.3 Å². The van der Waals surface area contributed by atoms with E-state index in [1.54, 1.807) is 0 Å². The van der Waals surface area contributed by atoms with Crippen LogP contribution in [0.25, 0.3) is 0 Å². The Bertz CT molecular complexity index is 1800. The number of phosphoric ester groups is 2. The van der Waals surface area contributed by atoms with E-state index < -0.39 is 97.5 Å². The Balaban J connectivity index is 5.22. The number of carbonyl (C=O) groups is 4. The van der Waals surface area contributed by atoms with Gasteiger partial charge in [-0.15, -0.1) is 0 Å². The molecule has 0 fully saturated rings. The lowest BCUT2D eigenvalue weighted by Gasteiger charge is -2.21. The second-order valence-electron chi connectivity index (χ2n) is 27.8. The Morgan fingerprint density at radius 2 is 0.500 bits per heavy atom. The summed E-state index contributed by atoms with van der Waals surface area (Å²) in [5.41, 5.74) is 0. The zero-order valence-electron chi connectivity index (χ0n) is 60.0. The zero-order valence-corrected chi connectivity index (χ0v) is 61.8. The van der Waals surface area contributed by atoms with Gasteiger partial charge in [-0.25, -0.2) is 9.13 Å². The standard InChI is InChI=1S/C73H142O17P2/c1-8-9-10-11-12-33-40-47-54-70(75)83-60-68(90-73(78)57-50-43-36-29-23-26-32-39-46-53-66(6)7)62-87-91(79,80)85-58-67(74)59-86-92(81,82)88-63-69(61-84-71(76)55-48-41-34-27-22-18-20-25-31-38-45-52-65(4)5)89-72(77)56-49-42-35-28-21-17-15-13-14-16-19-24-30-37-44-51-64(2)3/h64-69,74H,8-63H2,1-7H3,(H,79,80)(H,81,82)/t67-,68+,69+/m0/s1. The van der Waals surface area contributed by atoms with Crippen molar-refractivity contribution in [3.63, 3.8) is 0 Å². The molecule has 0 aromatic carbocycles. The molecule has 0 spiro atoms. The molecule has 5 atom stereocenters. The molecule has 0 aliphatic carbocycles. The molecule has 3 N–H and O–H groups in total. The summed E-state index contributed by atoms with van der Waals surface area (Å²) < 4.78 is 68.3. The van der Waals surface area contributed by atoms with Crippen molar-refractivity contribution < 1.29 is 80.2 Å². The van der Waals surface area contributed by atoms with Gasteiger partial charge in [-0.2, -0.15) is 0 Å². The molecule has 0 aliphatic rings. The van der Waals surface area contributed by atoms with Gasteiger partial charge in [0.1, 0.15) is 19.3 Å². The summed E-state index contributed by atoms with van der Waals surface area (Å²) in [5, 5.41) is 10.6. The lowest BCUT2D eigenvalue weighted by Crippen LogP contribution is -2.30. The number of carbonyl (C=O) groups excluding carboxylic acids is 4. The van der Waals surface area contributed by atoms with Crippen LogP contribution in [0.3, 0.4) is 0 Å². The monoisotopic (exact) mass is 1350 g/mol. The quantitative estimate of drug-likeness (QED) is 0.0222. The molecular weight excluding hydrogens is 1210 g/mol. The first-order valence-electron chi connectivity index (χ1n) is 37.8. The van der Waals surface area contributed by atoms with Crippen LogP contribution in [0.1, 0.15) is 370 Å². The van der Waals surface area contributed by atoms with Crippen molar-refractivity contribution in [2.75, 3.05) is 39.6 Å². The van der Waals surface area contributed by atoms with Crippen molar-refractivity contribution in [1.29, 1.82) is 0 Å². The summed E-state index contributed by atoms with van der Waals surface area (Å²) in [4.78, 5) is 72.6. The van der Waals surface area contributed by atoms with E-state index in [2.05, 4.69) is 48.5 Å². The molecule has 0 bridgehead atoms. The fourth-order valence-corrected chi connectivity index (χ4v) is 12.7. The molecule has 0 aliphatic heterocycles. The Hall–Kier alpha value is -1.94. The predicted octanol–water partition coefficient (Wildman–Crippen LogP) is 21.0. The number of phosphoric acid groups is 2. The summed E-state index contributed by atoms with van der Waals surface area (Å²) in [5.74, 6) is 0.186. The molecule has 0 saturated carbocycles. The van der Waals surface area contributed by atoms with Gasteiger partial charge in [0.2, 0.25) is 0 Å². The van der Waals surface area contributed by atoms with E-state index in [9.17, 15) is 43.2 Å². The Morgan fingerprint density at radius 1 is 0.293 bits per heavy atom. The van der Waals surface area contributed by atoms with Gasteiger partial charge in [0, 0.05) is 25.7 Å². The molecule has 0 aromatic heterocycles. The second-order valence-corrected chi connectivity index (χ2v) is 30.7. The topological polar surface area (TPSA) is 237 Å². The van der Waals surface area contributed by atoms with Crippen LogP contribution in [0.2, 0.25) is 0 Å². The van der Waals surface area contributed by atoms with Crippen LogP contribution >= 0.6 is 15.6 Å². The molecule has 0 aromatic rings. The lowest BCUT2D eigenvalue weighted by molar-refractivity contribution is -0.161. The Kier molecular flexibility index (Phi) is 62.4. The normalized spacial score (nSPS) is 14.1. The number of unbranched alkanes of at least 4 members (excludes halogenated alkanes) is 39. The molecule has 0 rings (SSSR count). The first-order chi connectivity index (χ1) is 44.2. The van der Waals surface area contributed by atoms with Crippen LogP contribution in [0.5, 0.6) is 0 Å². The zero-order chi connectivity index (χ0) is 68.0. The molecule has 19 heteroatoms. The Labute approximate surface area is 562 Å². The fraction of sp³-hybridized carbons (Fsp3) is 0.945. The van der Waals surface area contributed by atoms with E-state index in [-0.39, 0.29) is 25.7 Å². The van der Waals surface area contributed by atoms with Crippen molar-refractivity contribution in [3.05, 3.63) is 0 Å². The third-order valence-electron chi connectivity index (χ3n) is 16.9. The van der Waals surface area contributed by atoms with Gasteiger partial charge < -0.3 is 33.8 Å². The summed E-state index contributed by atoms with van der Waals surface area (Å²) in [7, 11) is -9.90. The number of aliphatic hydroxyl groups is 1. The number of aliphatic hydroxyl groups excluding tert-OH is 1. The van der Waals surface area contributed by atoms with E-state index in [0.717, 1.165) is 114 Å². The molecule has 0 heterocycles. The van der Waals surface area contributed by atoms with E-state index in [1.807, 2.05) is 0 Å². The molecule has 0 saturated heterocycles. The average Bonchev–Trinajstić information content (AvgIpc) is 3.14. The smallest absolute Gasteiger partial charge is 0.462 e. The van der Waals surface area contributed by atoms with Crippen molar-refractivity contribution in [3.8, 4) is 0 Å². The molecule has 546 valence electrons. The van der Waals surface area contributed by atoms with Crippen molar-refractivity contribution >= 4 is 39.5 Å². The van der Waals surface area contributed by atoms with Crippen LogP contribution in [0, 0.1) is 17.8 Å². The van der Waals surface area contributed by atoms with Gasteiger partial charge >= 0.3 is 39.5 Å². The predicted molar refractivity (Wildman–Crippen MR) is 372 cm³/mol. The minimum absolute atomic E-state index is 0.105. The average molecular weight is 1350 g/mol. The van der Waals surface area contributed by atoms with E-state index >= 15 is 0 Å². The van der Waals surface area contributed by atoms with E-state index in [1.165, 1.54) is 173 Å². The maximum absolute atomic E-state index is 13.1. The Morgan fingerprint density at radius 3 is 0.739 bits per heavy atom. The minimum Gasteiger partial charge on any atom is -0.462 e. The largest absolute Gasteiger partial charge is 0.472 e. The van der Waals surface area contributed by atoms with Crippen LogP contribution < -0.4 is 0 Å². The number of hydrogen-bond acceptors (Lipinski definition) is 15. The highest BCUT2D eigenvalue weighted by atomic mass is 31.2. The minimum atomic E-state index is -4.95. The fourth-order valence-electron chi connectivity index (χ4n) is 11.1. The molecule has 0 radical (unpaired) electrons. The number of esters is 4. The van der Waals surface area contributed by atoms with Gasteiger partial charge in [-0.1, -0.05) is 318 Å². The number of rotatable bonds is 71. The third kappa shape index (κ3) is 66.7. The summed E-state index contributed by atoms with van der Waals surface area (Å²) in [6.07, 6.45) is 48.6. The second kappa shape index (κ2) is 63.8. The van der Waals surface area contributed by atoms with Crippen molar-refractivity contribution in [2.24, 2.45) is 17.8 Å². The van der Waals surface area contributed by atoms with Crippen LogP contribution in [0.15, 0.2) is 0 Å². The molecule has 17 nitrogen and oxygen atoms in total. The van der Waals surface area contributed by atoms with Gasteiger partial charge in [0.15, 0.2) is 12.2 Å². The van der Waals surface area contributed by atoms with Crippen molar-refractivity contribution in [1.82, 2.24) is 0 Å². The maximum atomic E-state index is 13.1. The molecule has 0 amide bonds. The highest BCUT2D eigenvalue weighted by Crippen LogP contribution is 2.45. The third-order valence-corrected chi connectivity index (χ3v) is 18.8. The number of hydrogen-bond donors (Lipinski definition) is 3. The van der Waals surface area contributed by atoms with Gasteiger partial charge in [-0.05, 0) is 43.4 Å². The maximum Gasteiger partial charge on any atom is 0.472 e. The summed E-state index contributed by atoms with van der Waals surface area (Å²) in [6, 6.07) is 0. The first kappa shape index (κ1) is 90.1. The lowest BCUT2D eigenvalue weighted by atomic mass is 10.0. The van der Waals surface area contributed by atoms with Gasteiger partial charge in [0.05, 0.1) is 26.4 Å². The van der Waals surface area contributed by atoms with Crippen LogP contribution in [-0.2, 0) is 65.4 Å². The molecule has 92 heavy (non-hydrogen) atoms. The summed E-state index contributed by atoms with van der Waals surface area (Å²) >= 11 is 0. The highest BCUT2D eigenvalue weighted by molar-refractivity contribution is 7.47. The van der Waals surface area contributed by atoms with E-state index in [0.29, 0.717) is 25.7 Å². The first-order valence-corrected chi connectivity index (χ1v) is 40.8. The van der Waals surface area contributed by atoms with Crippen molar-refractivity contribution in [2.45, 2.75) is 388 Å². The highest BCUT2D eigenvalue weighted by Gasteiger charge is 2.30. The van der Waals surface area contributed by atoms with E-state index in [4.69, 9.17) is 37.0 Å². The number of ether oxygens (including phenoxy) is 4. The van der Waals surface area contributed by atoms with Crippen LogP contribution in [0.4, 0.5) is 0 Å². The van der Waals surface area contributed by atoms with Crippen LogP contribution in [-0.4, -0.2) is 96.7 Å².